The molecule has 3 aliphatic heterocycles. The smallest absolute Gasteiger partial charge is 0.256 e. The first-order chi connectivity index (χ1) is 19.1. The van der Waals surface area contributed by atoms with Gasteiger partial charge in [-0.3, -0.25) is 9.59 Å². The molecule has 3 aromatic rings. The summed E-state index contributed by atoms with van der Waals surface area (Å²) in [5.74, 6) is 1.40. The predicted octanol–water partition coefficient (Wildman–Crippen LogP) is 4.70. The summed E-state index contributed by atoms with van der Waals surface area (Å²) in [6.07, 6.45) is 7.95. The van der Waals surface area contributed by atoms with Crippen LogP contribution >= 0.6 is 0 Å². The molecule has 2 amide bonds. The lowest BCUT2D eigenvalue weighted by Crippen LogP contribution is -2.41. The maximum atomic E-state index is 13.3. The molecule has 2 bridgehead atoms. The van der Waals surface area contributed by atoms with E-state index in [0.717, 1.165) is 54.4 Å². The first kappa shape index (κ1) is 24.9. The van der Waals surface area contributed by atoms with Crippen molar-refractivity contribution in [3.05, 3.63) is 71.4 Å². The minimum absolute atomic E-state index is 0.115. The molecule has 1 aliphatic carbocycles. The van der Waals surface area contributed by atoms with E-state index in [1.54, 1.807) is 0 Å². The van der Waals surface area contributed by atoms with Gasteiger partial charge in [-0.15, -0.1) is 0 Å². The fourth-order valence-electron chi connectivity index (χ4n) is 7.17. The van der Waals surface area contributed by atoms with Gasteiger partial charge in [-0.2, -0.15) is 0 Å². The van der Waals surface area contributed by atoms with Gasteiger partial charge in [0.25, 0.3) is 11.8 Å². The number of para-hydroxylation sites is 1. The van der Waals surface area contributed by atoms with Crippen molar-refractivity contribution in [1.29, 1.82) is 0 Å². The Labute approximate surface area is 229 Å². The Morgan fingerprint density at radius 3 is 2.38 bits per heavy atom. The van der Waals surface area contributed by atoms with E-state index < -0.39 is 0 Å². The fourth-order valence-corrected chi connectivity index (χ4v) is 7.17. The van der Waals surface area contributed by atoms with E-state index in [4.69, 9.17) is 9.47 Å². The monoisotopic (exact) mass is 527 g/mol. The number of amides is 2. The summed E-state index contributed by atoms with van der Waals surface area (Å²) in [6.45, 7) is 4.90. The van der Waals surface area contributed by atoms with Crippen molar-refractivity contribution in [3.8, 4) is 0 Å². The molecule has 4 heterocycles. The Bertz CT molecular complexity index is 1350. The summed E-state index contributed by atoms with van der Waals surface area (Å²) in [4.78, 5) is 30.2. The van der Waals surface area contributed by atoms with Crippen molar-refractivity contribution < 1.29 is 19.1 Å². The molecule has 7 heteroatoms. The van der Waals surface area contributed by atoms with Crippen LogP contribution in [0.15, 0.2) is 54.7 Å². The van der Waals surface area contributed by atoms with Gasteiger partial charge in [-0.05, 0) is 67.7 Å². The molecule has 0 N–H and O–H groups in total. The molecule has 2 aromatic carbocycles. The molecule has 1 aromatic heterocycles. The number of likely N-dealkylation sites (tertiary alicyclic amines) is 1. The predicted molar refractivity (Wildman–Crippen MR) is 149 cm³/mol. The number of nitrogens with zero attached hydrogens (tertiary/aromatic N) is 3. The van der Waals surface area contributed by atoms with Crippen LogP contribution in [-0.2, 0) is 16.0 Å². The number of rotatable bonds is 5. The Kier molecular flexibility index (Phi) is 6.65. The van der Waals surface area contributed by atoms with Crippen LogP contribution in [0.2, 0.25) is 0 Å². The number of hydrogen-bond donors (Lipinski definition) is 0. The first-order valence-corrected chi connectivity index (χ1v) is 14.6. The number of morpholine rings is 2. The molecular formula is C32H37N3O4. The molecule has 7 rings (SSSR count). The Hall–Kier alpha value is -3.16. The minimum Gasteiger partial charge on any atom is -0.378 e. The van der Waals surface area contributed by atoms with Gasteiger partial charge in [-0.1, -0.05) is 30.3 Å². The lowest BCUT2D eigenvalue weighted by Gasteiger charge is -2.30. The first-order valence-electron chi connectivity index (χ1n) is 14.6. The summed E-state index contributed by atoms with van der Waals surface area (Å²) >= 11 is 0. The van der Waals surface area contributed by atoms with Gasteiger partial charge in [0.15, 0.2) is 0 Å². The number of aromatic nitrogens is 1. The summed E-state index contributed by atoms with van der Waals surface area (Å²) in [5, 5.41) is 1.05. The Morgan fingerprint density at radius 2 is 1.67 bits per heavy atom. The number of carbonyl (C=O) groups is 2. The third-order valence-corrected chi connectivity index (χ3v) is 9.41. The second-order valence-electron chi connectivity index (χ2n) is 11.8. The minimum atomic E-state index is 0.115. The Morgan fingerprint density at radius 1 is 0.897 bits per heavy atom. The van der Waals surface area contributed by atoms with Crippen molar-refractivity contribution >= 4 is 22.7 Å². The Balaban J connectivity index is 0.990. The van der Waals surface area contributed by atoms with Crippen LogP contribution in [0.5, 0.6) is 0 Å². The topological polar surface area (TPSA) is 64.0 Å². The highest BCUT2D eigenvalue weighted by Crippen LogP contribution is 2.38. The highest BCUT2D eigenvalue weighted by atomic mass is 16.5. The van der Waals surface area contributed by atoms with E-state index in [0.29, 0.717) is 44.7 Å². The van der Waals surface area contributed by atoms with Crippen LogP contribution in [-0.4, -0.2) is 77.8 Å². The van der Waals surface area contributed by atoms with Crippen molar-refractivity contribution in [3.63, 3.8) is 0 Å². The van der Waals surface area contributed by atoms with Gasteiger partial charge < -0.3 is 23.8 Å². The molecule has 1 saturated carbocycles. The number of carbonyl (C=O) groups excluding carboxylic acids is 2. The van der Waals surface area contributed by atoms with Gasteiger partial charge >= 0.3 is 0 Å². The molecule has 0 spiro atoms. The highest BCUT2D eigenvalue weighted by Gasteiger charge is 2.41. The summed E-state index contributed by atoms with van der Waals surface area (Å²) < 4.78 is 13.4. The maximum absolute atomic E-state index is 13.3. The van der Waals surface area contributed by atoms with E-state index in [2.05, 4.69) is 41.1 Å². The molecule has 7 nitrogen and oxygen atoms in total. The quantitative estimate of drug-likeness (QED) is 0.483. The number of ether oxygens (including phenoxy) is 2. The van der Waals surface area contributed by atoms with E-state index in [1.165, 1.54) is 18.4 Å². The largest absolute Gasteiger partial charge is 0.378 e. The second-order valence-corrected chi connectivity index (χ2v) is 11.8. The average Bonchev–Trinajstić information content (AvgIpc) is 3.73. The van der Waals surface area contributed by atoms with Crippen molar-refractivity contribution in [1.82, 2.24) is 14.4 Å². The SMILES string of the molecule is O=C(c1cn(CC2CCC(c3ccc(C(=O)N4C[C@@H]5C[C@H]4CO5)cc3)CC2)c2ccccc12)N1CCOCC1. The van der Waals surface area contributed by atoms with Crippen LogP contribution in [0.4, 0.5) is 0 Å². The molecule has 3 saturated heterocycles. The average molecular weight is 528 g/mol. The molecule has 39 heavy (non-hydrogen) atoms. The maximum Gasteiger partial charge on any atom is 0.256 e. The third-order valence-electron chi connectivity index (χ3n) is 9.41. The number of hydrogen-bond acceptors (Lipinski definition) is 4. The van der Waals surface area contributed by atoms with Gasteiger partial charge in [-0.25, -0.2) is 0 Å². The van der Waals surface area contributed by atoms with Crippen LogP contribution < -0.4 is 0 Å². The van der Waals surface area contributed by atoms with E-state index in [1.807, 2.05) is 28.0 Å². The molecule has 2 atom stereocenters. The number of benzene rings is 2. The van der Waals surface area contributed by atoms with E-state index >= 15 is 0 Å². The van der Waals surface area contributed by atoms with Crippen molar-refractivity contribution in [2.75, 3.05) is 39.5 Å². The van der Waals surface area contributed by atoms with Crippen LogP contribution in [0.3, 0.4) is 0 Å². The molecule has 0 unspecified atom stereocenters. The zero-order valence-corrected chi connectivity index (χ0v) is 22.5. The second kappa shape index (κ2) is 10.4. The molecular weight excluding hydrogens is 490 g/mol. The normalized spacial score (nSPS) is 26.9. The molecule has 4 aliphatic rings. The van der Waals surface area contributed by atoms with E-state index in [9.17, 15) is 9.59 Å². The van der Waals surface area contributed by atoms with Gasteiger partial charge in [0.05, 0.1) is 37.5 Å². The van der Waals surface area contributed by atoms with E-state index in [-0.39, 0.29) is 24.0 Å². The molecule has 0 radical (unpaired) electrons. The summed E-state index contributed by atoms with van der Waals surface area (Å²) in [7, 11) is 0. The van der Waals surface area contributed by atoms with Crippen LogP contribution in [0, 0.1) is 5.92 Å². The van der Waals surface area contributed by atoms with Crippen LogP contribution in [0.25, 0.3) is 10.9 Å². The van der Waals surface area contributed by atoms with Crippen molar-refractivity contribution in [2.24, 2.45) is 5.92 Å². The standard InChI is InChI=1S/C32H37N3O4/c36-31(35-19-27-17-26(35)21-39-27)25-11-9-24(10-12-25)23-7-5-22(6-8-23)18-34-20-29(28-3-1-2-4-30(28)34)32(37)33-13-15-38-16-14-33/h1-4,9-12,20,22-23,26-27H,5-8,13-19,21H2/t22?,23?,26-,27-/m0/s1. The third kappa shape index (κ3) is 4.76. The number of fused-ring (bicyclic) bond motifs is 3. The highest BCUT2D eigenvalue weighted by molar-refractivity contribution is 6.07. The lowest BCUT2D eigenvalue weighted by molar-refractivity contribution is 0.0259. The molecule has 204 valence electrons. The zero-order chi connectivity index (χ0) is 26.3. The van der Waals surface area contributed by atoms with Gasteiger partial charge in [0, 0.05) is 48.8 Å². The van der Waals surface area contributed by atoms with Gasteiger partial charge in [0.2, 0.25) is 0 Å². The molecule has 4 fully saturated rings. The van der Waals surface area contributed by atoms with Gasteiger partial charge in [0.1, 0.15) is 0 Å². The summed E-state index contributed by atoms with van der Waals surface area (Å²) in [5.41, 5.74) is 4.10. The zero-order valence-electron chi connectivity index (χ0n) is 22.5. The van der Waals surface area contributed by atoms with Crippen molar-refractivity contribution in [2.45, 2.75) is 56.7 Å². The fraction of sp³-hybridized carbons (Fsp3) is 0.500. The lowest BCUT2D eigenvalue weighted by atomic mass is 9.78. The summed E-state index contributed by atoms with van der Waals surface area (Å²) in [6, 6.07) is 16.9. The van der Waals surface area contributed by atoms with Crippen LogP contribution in [0.1, 0.15) is 64.3 Å².